The van der Waals surface area contributed by atoms with Crippen LogP contribution in [0, 0.1) is 23.7 Å². The predicted molar refractivity (Wildman–Crippen MR) is 119 cm³/mol. The molecule has 0 radical (unpaired) electrons. The van der Waals surface area contributed by atoms with Gasteiger partial charge in [0.2, 0.25) is 0 Å². The number of hydrogen-bond donors (Lipinski definition) is 0. The molecule has 0 saturated heterocycles. The summed E-state index contributed by atoms with van der Waals surface area (Å²) in [4.78, 5) is 24.1. The molecule has 3 nitrogen and oxygen atoms in total. The molecule has 0 heterocycles. The first-order valence-corrected chi connectivity index (χ1v) is 14.5. The van der Waals surface area contributed by atoms with Crippen LogP contribution in [-0.4, -0.2) is 26.0 Å². The Bertz CT molecular complexity index is 547. The first kappa shape index (κ1) is 23.8. The van der Waals surface area contributed by atoms with Crippen molar-refractivity contribution in [3.63, 3.8) is 0 Å². The van der Waals surface area contributed by atoms with E-state index in [4.69, 9.17) is 4.43 Å². The maximum Gasteiger partial charge on any atom is 0.192 e. The second kappa shape index (κ2) is 9.55. The number of unbranched alkanes of at least 4 members (excludes halogenated alkanes) is 1. The van der Waals surface area contributed by atoms with Crippen molar-refractivity contribution in [1.82, 2.24) is 0 Å². The van der Waals surface area contributed by atoms with E-state index in [1.54, 1.807) is 0 Å². The molecule has 0 unspecified atom stereocenters. The smallest absolute Gasteiger partial charge is 0.192 e. The normalized spacial score (nSPS) is 29.7. The van der Waals surface area contributed by atoms with E-state index in [2.05, 4.69) is 47.7 Å². The summed E-state index contributed by atoms with van der Waals surface area (Å²) in [7, 11) is -1.83. The van der Waals surface area contributed by atoms with Crippen molar-refractivity contribution >= 4 is 19.9 Å². The monoisotopic (exact) mass is 408 g/mol. The molecule has 162 valence electrons. The Morgan fingerprint density at radius 2 is 1.54 bits per heavy atom. The highest BCUT2D eigenvalue weighted by atomic mass is 28.4. The van der Waals surface area contributed by atoms with Gasteiger partial charge in [0.1, 0.15) is 11.6 Å². The maximum atomic E-state index is 12.1. The van der Waals surface area contributed by atoms with E-state index < -0.39 is 8.32 Å². The molecule has 4 atom stereocenters. The lowest BCUT2D eigenvalue weighted by molar-refractivity contribution is -0.123. The number of ketones is 2. The first-order valence-electron chi connectivity index (χ1n) is 11.6. The molecule has 2 saturated carbocycles. The Labute approximate surface area is 174 Å². The molecule has 0 aromatic heterocycles. The molecule has 0 N–H and O–H groups in total. The summed E-state index contributed by atoms with van der Waals surface area (Å²) in [6.45, 7) is 16.0. The first-order chi connectivity index (χ1) is 12.9. The number of rotatable bonds is 8. The van der Waals surface area contributed by atoms with Crippen LogP contribution < -0.4 is 0 Å². The van der Waals surface area contributed by atoms with Gasteiger partial charge in [-0.15, -0.1) is 0 Å². The molecular weight excluding hydrogens is 364 g/mol. The SMILES string of the molecule is CC(C)[C@@H]1CCC(=O)C[C@@H]1CCCC[C@@H]1CC(=O)C[C@@H]1O[Si](C)(C)C(C)(C)C. The molecule has 2 fully saturated rings. The summed E-state index contributed by atoms with van der Waals surface area (Å²) < 4.78 is 6.63. The highest BCUT2D eigenvalue weighted by Crippen LogP contribution is 2.42. The molecular formula is C24H44O3Si. The van der Waals surface area contributed by atoms with Crippen molar-refractivity contribution in [2.24, 2.45) is 23.7 Å². The Kier molecular flexibility index (Phi) is 8.12. The van der Waals surface area contributed by atoms with Gasteiger partial charge in [0.25, 0.3) is 0 Å². The van der Waals surface area contributed by atoms with Gasteiger partial charge in [-0.05, 0) is 61.1 Å². The number of carbonyl (C=O) groups is 2. The molecule has 2 rings (SSSR count). The lowest BCUT2D eigenvalue weighted by atomic mass is 9.71. The Morgan fingerprint density at radius 1 is 0.964 bits per heavy atom. The minimum atomic E-state index is -1.83. The molecule has 4 heteroatoms. The molecule has 2 aliphatic carbocycles. The minimum Gasteiger partial charge on any atom is -0.413 e. The van der Waals surface area contributed by atoms with Gasteiger partial charge < -0.3 is 4.43 Å². The van der Waals surface area contributed by atoms with E-state index in [1.807, 2.05) is 0 Å². The summed E-state index contributed by atoms with van der Waals surface area (Å²) >= 11 is 0. The van der Waals surface area contributed by atoms with E-state index in [0.717, 1.165) is 32.1 Å². The van der Waals surface area contributed by atoms with Crippen LogP contribution in [0.2, 0.25) is 18.1 Å². The Balaban J connectivity index is 1.83. The van der Waals surface area contributed by atoms with Gasteiger partial charge in [-0.25, -0.2) is 0 Å². The van der Waals surface area contributed by atoms with Crippen LogP contribution in [0.25, 0.3) is 0 Å². The Hall–Kier alpha value is -0.483. The molecule has 28 heavy (non-hydrogen) atoms. The summed E-state index contributed by atoms with van der Waals surface area (Å²) in [6, 6.07) is 0. The third kappa shape index (κ3) is 6.26. The van der Waals surface area contributed by atoms with Crippen molar-refractivity contribution in [3.8, 4) is 0 Å². The average molecular weight is 409 g/mol. The summed E-state index contributed by atoms with van der Waals surface area (Å²) in [6.07, 6.45) is 8.72. The van der Waals surface area contributed by atoms with E-state index in [0.29, 0.717) is 48.1 Å². The quantitative estimate of drug-likeness (QED) is 0.337. The average Bonchev–Trinajstić information content (AvgIpc) is 2.89. The summed E-state index contributed by atoms with van der Waals surface area (Å²) in [5.74, 6) is 3.20. The van der Waals surface area contributed by atoms with E-state index in [-0.39, 0.29) is 11.1 Å². The van der Waals surface area contributed by atoms with E-state index in [9.17, 15) is 9.59 Å². The zero-order chi connectivity index (χ0) is 21.1. The van der Waals surface area contributed by atoms with Gasteiger partial charge in [-0.1, -0.05) is 47.5 Å². The fourth-order valence-corrected chi connectivity index (χ4v) is 6.38. The fraction of sp³-hybridized carbons (Fsp3) is 0.917. The molecule has 2 aliphatic rings. The van der Waals surface area contributed by atoms with Crippen molar-refractivity contribution in [1.29, 1.82) is 0 Å². The van der Waals surface area contributed by atoms with Crippen molar-refractivity contribution in [2.45, 2.75) is 117 Å². The van der Waals surface area contributed by atoms with Gasteiger partial charge in [0, 0.05) is 25.7 Å². The number of Topliss-reactive ketones (excluding diaryl/α,β-unsaturated/α-hetero) is 2. The van der Waals surface area contributed by atoms with Crippen LogP contribution in [0.4, 0.5) is 0 Å². The predicted octanol–water partition coefficient (Wildman–Crippen LogP) is 6.56. The van der Waals surface area contributed by atoms with E-state index >= 15 is 0 Å². The second-order valence-corrected chi connectivity index (χ2v) is 16.1. The third-order valence-corrected chi connectivity index (χ3v) is 12.3. The van der Waals surface area contributed by atoms with Crippen LogP contribution >= 0.6 is 0 Å². The molecule has 0 aromatic rings. The largest absolute Gasteiger partial charge is 0.413 e. The summed E-state index contributed by atoms with van der Waals surface area (Å²) in [5, 5.41) is 0.183. The third-order valence-electron chi connectivity index (χ3n) is 7.80. The maximum absolute atomic E-state index is 12.1. The van der Waals surface area contributed by atoms with Crippen LogP contribution in [-0.2, 0) is 14.0 Å². The van der Waals surface area contributed by atoms with E-state index in [1.165, 1.54) is 12.8 Å². The second-order valence-electron chi connectivity index (χ2n) is 11.4. The lowest BCUT2D eigenvalue weighted by Crippen LogP contribution is -2.44. The summed E-state index contributed by atoms with van der Waals surface area (Å²) in [5.41, 5.74) is 0. The van der Waals surface area contributed by atoms with Gasteiger partial charge >= 0.3 is 0 Å². The zero-order valence-corrected chi connectivity index (χ0v) is 20.5. The number of hydrogen-bond acceptors (Lipinski definition) is 3. The molecule has 0 aromatic carbocycles. The Morgan fingerprint density at radius 3 is 2.11 bits per heavy atom. The van der Waals surface area contributed by atoms with Crippen molar-refractivity contribution in [3.05, 3.63) is 0 Å². The molecule has 0 aliphatic heterocycles. The van der Waals surface area contributed by atoms with Crippen LogP contribution in [0.15, 0.2) is 0 Å². The molecule has 0 amide bonds. The van der Waals surface area contributed by atoms with Crippen LogP contribution in [0.5, 0.6) is 0 Å². The van der Waals surface area contributed by atoms with Crippen molar-refractivity contribution < 1.29 is 14.0 Å². The zero-order valence-electron chi connectivity index (χ0n) is 19.5. The highest BCUT2D eigenvalue weighted by Gasteiger charge is 2.43. The van der Waals surface area contributed by atoms with Gasteiger partial charge in [0.05, 0.1) is 6.10 Å². The topological polar surface area (TPSA) is 43.4 Å². The van der Waals surface area contributed by atoms with Crippen LogP contribution in [0.1, 0.15) is 92.4 Å². The van der Waals surface area contributed by atoms with Gasteiger partial charge in [0.15, 0.2) is 8.32 Å². The number of carbonyl (C=O) groups excluding carboxylic acids is 2. The molecule has 0 bridgehead atoms. The van der Waals surface area contributed by atoms with Crippen molar-refractivity contribution in [2.75, 3.05) is 0 Å². The standard InChI is InChI=1S/C24H44O3Si/c1-17(2)22-13-12-20(25)14-18(22)10-8-9-11-19-15-21(26)16-23(19)27-28(6,7)24(3,4)5/h17-19,22-23H,8-16H2,1-7H3/t18-,19+,22-,23-/m0/s1. The fourth-order valence-electron chi connectivity index (χ4n) is 5.00. The highest BCUT2D eigenvalue weighted by molar-refractivity contribution is 6.74. The lowest BCUT2D eigenvalue weighted by Gasteiger charge is -2.39. The van der Waals surface area contributed by atoms with Gasteiger partial charge in [-0.2, -0.15) is 0 Å². The van der Waals surface area contributed by atoms with Gasteiger partial charge in [-0.3, -0.25) is 9.59 Å². The minimum absolute atomic E-state index is 0.132. The van der Waals surface area contributed by atoms with Crippen LogP contribution in [0.3, 0.4) is 0 Å². The molecule has 0 spiro atoms.